The number of hydrogen-bond acceptors (Lipinski definition) is 24. The van der Waals surface area contributed by atoms with E-state index < -0.39 is 86.0 Å². The highest BCUT2D eigenvalue weighted by Gasteiger charge is 2.34. The van der Waals surface area contributed by atoms with Gasteiger partial charge in [0.2, 0.25) is 41.5 Å². The third-order valence-corrected chi connectivity index (χ3v) is 19.4. The van der Waals surface area contributed by atoms with Crippen LogP contribution in [0.5, 0.6) is 0 Å². The molecular formula is C80H105ClF9N25O9. The van der Waals surface area contributed by atoms with Gasteiger partial charge >= 0.3 is 30.6 Å². The molecule has 674 valence electrons. The predicted octanol–water partition coefficient (Wildman–Crippen LogP) is 12.8. The number of aliphatic carboxylic acids is 1. The number of rotatable bonds is 18. The summed E-state index contributed by atoms with van der Waals surface area (Å²) in [4.78, 5) is 98.6. The lowest BCUT2D eigenvalue weighted by Crippen LogP contribution is -2.47. The van der Waals surface area contributed by atoms with Gasteiger partial charge in [-0.15, -0.1) is 37.7 Å². The van der Waals surface area contributed by atoms with Crippen LogP contribution in [0.15, 0.2) is 115 Å². The molecule has 9 N–H and O–H groups in total. The Morgan fingerprint density at radius 2 is 0.992 bits per heavy atom. The topological polar surface area (TPSA) is 410 Å². The number of nitrogens with two attached hydrogens (primary N) is 3. The first-order chi connectivity index (χ1) is 57.9. The summed E-state index contributed by atoms with van der Waals surface area (Å²) in [6.07, 6.45) is 4.62. The third-order valence-electron chi connectivity index (χ3n) is 19.4. The van der Waals surface area contributed by atoms with Gasteiger partial charge in [-0.2, -0.15) is 64.5 Å². The molecule has 9 aromatic rings. The van der Waals surface area contributed by atoms with Gasteiger partial charge < -0.3 is 67.0 Å². The standard InChI is InChI=1S/C30H40F3N9O2.C16H21N5O2.C15H16F3N5O.C11H13N5.C4H5F3O2.C4H9NO2.ClH/c1-21(2)18-39-13-9-24(10-14-39)38(3)27(44)20-41-19-23(17-34-41)35-29-36-28-25(5-4-12-42(28)37-29)22-7-15-40(16-8-22)26(43)6-11-30(31,32)33;1-16(2,3)23-15(22)20-9-6-11(7-10-20)12-5-4-8-21-13(12)18-14(17)19-21;16-15(17,18)6-3-12(24)22-8-4-10(5-9-22)11-2-1-7-23-13(11)20-14(19)21-23;12-11-14-10-9(2-1-7-16(10)15-11)8-3-5-13-6-4-8;5-4(6,7)2-1-3(8)9;1-4(2,3)7-5-6;/h4-5,7,12,17,19,21,24H,6,8-11,13-16,18,20H2,1-3H3,(H,35,37);4-6,8H,7,9-10H2,1-3H3,(H2,17,19);1-2,4,7H,3,5-6,8-9H2,(H2,19,21);1-3,7,13H,4-6H2,(H2,12,15);1-2H2,(H,8,9);1-3H3;1H. The van der Waals surface area contributed by atoms with Crippen molar-refractivity contribution in [2.75, 3.05) is 102 Å². The number of pyridine rings is 4. The number of fused-ring (bicyclic) bond motifs is 4. The van der Waals surface area contributed by atoms with E-state index in [1.54, 1.807) is 73.2 Å². The zero-order chi connectivity index (χ0) is 89.7. The Bertz CT molecular complexity index is 5250. The number of nitrogens with zero attached hydrogens (tertiary/aromatic N) is 20. The fraction of sp³-hybridized carbons (Fsp3) is 0.500. The van der Waals surface area contributed by atoms with Crippen LogP contribution in [0.25, 0.3) is 44.9 Å². The Hall–Kier alpha value is -12.0. The second-order valence-electron chi connectivity index (χ2n) is 31.8. The minimum Gasteiger partial charge on any atom is -0.481 e. The molecule has 5 aliphatic rings. The molecule has 1 fully saturated rings. The number of halogens is 10. The normalized spacial score (nSPS) is 15.5. The van der Waals surface area contributed by atoms with Crippen molar-refractivity contribution in [1.29, 1.82) is 0 Å². The molecule has 0 unspecified atom stereocenters. The van der Waals surface area contributed by atoms with Gasteiger partial charge in [0.25, 0.3) is 0 Å². The minimum atomic E-state index is -4.35. The number of nitrogens with one attached hydrogen (secondary N) is 2. The van der Waals surface area contributed by atoms with E-state index in [0.717, 1.165) is 109 Å². The fourth-order valence-corrected chi connectivity index (χ4v) is 13.6. The smallest absolute Gasteiger partial charge is 0.410 e. The average molecular weight is 1770 g/mol. The van der Waals surface area contributed by atoms with Gasteiger partial charge in [-0.3, -0.25) is 23.9 Å². The number of anilines is 5. The summed E-state index contributed by atoms with van der Waals surface area (Å²) in [7, 11) is 1.87. The van der Waals surface area contributed by atoms with Crippen LogP contribution >= 0.6 is 12.4 Å². The molecule has 9 aromatic heterocycles. The molecule has 1 saturated heterocycles. The molecule has 0 aliphatic carbocycles. The molecule has 14 rings (SSSR count). The van der Waals surface area contributed by atoms with Gasteiger partial charge in [0.1, 0.15) is 17.7 Å². The fourth-order valence-electron chi connectivity index (χ4n) is 13.6. The number of alkyl halides is 9. The summed E-state index contributed by atoms with van der Waals surface area (Å²) in [6.45, 7) is 22.9. The van der Waals surface area contributed by atoms with Gasteiger partial charge in [0.05, 0.1) is 37.6 Å². The molecule has 0 aromatic carbocycles. The first-order valence-electron chi connectivity index (χ1n) is 39.8. The van der Waals surface area contributed by atoms with Crippen molar-refractivity contribution in [2.24, 2.45) is 11.3 Å². The van der Waals surface area contributed by atoms with Gasteiger partial charge in [-0.05, 0) is 163 Å². The monoisotopic (exact) mass is 1770 g/mol. The summed E-state index contributed by atoms with van der Waals surface area (Å²) in [5, 5.41) is 37.6. The number of carbonyl (C=O) groups is 5. The molecule has 0 spiro atoms. The predicted molar refractivity (Wildman–Crippen MR) is 449 cm³/mol. The number of amides is 4. The lowest BCUT2D eigenvalue weighted by molar-refractivity contribution is -0.152. The number of likely N-dealkylation sites (tertiary alicyclic amines) is 1. The molecule has 14 heterocycles. The second kappa shape index (κ2) is 43.3. The third kappa shape index (κ3) is 30.2. The number of carbonyl (C=O) groups excluding carboxylic acids is 4. The maximum absolute atomic E-state index is 13.0. The van der Waals surface area contributed by atoms with Gasteiger partial charge in [-0.25, -0.2) is 22.9 Å². The maximum Gasteiger partial charge on any atom is 0.410 e. The molecule has 4 amide bonds. The highest BCUT2D eigenvalue weighted by Crippen LogP contribution is 2.33. The molecular weight excluding hydrogens is 1660 g/mol. The van der Waals surface area contributed by atoms with Crippen molar-refractivity contribution in [2.45, 2.75) is 175 Å². The van der Waals surface area contributed by atoms with Crippen LogP contribution in [0.4, 0.5) is 73.8 Å². The SMILES string of the molecule is CC(C)(C)OC(=O)N1CC=C(c2cccn3nc(N)nc23)CC1.CC(C)(C)ON=O.CC(C)CN1CCC(N(C)C(=O)Cn2cc(Nc3nc4c(C5=CCN(C(=O)CCC(F)(F)F)CC5)cccn4n3)cn2)CC1.Cl.Nc1nc2c(C3=CCN(C(=O)CCC(F)(F)F)CC3)cccn2n1.Nc1nc2c(C3=CCNCC3)cccn2n1.O=C(O)CCC(F)(F)F. The summed E-state index contributed by atoms with van der Waals surface area (Å²) in [5.74, 6) is -0.655. The van der Waals surface area contributed by atoms with Crippen LogP contribution in [0.2, 0.25) is 0 Å². The number of piperidine rings is 1. The Kier molecular flexibility index (Phi) is 34.1. The van der Waals surface area contributed by atoms with Crippen molar-refractivity contribution in [3.63, 3.8) is 0 Å². The largest absolute Gasteiger partial charge is 0.481 e. The number of ether oxygens (including phenoxy) is 1. The zero-order valence-electron chi connectivity index (χ0n) is 70.2. The average Bonchev–Trinajstić information content (AvgIpc) is 1.70. The molecule has 34 nitrogen and oxygen atoms in total. The number of carboxylic acid groups (broad SMARTS) is 1. The van der Waals surface area contributed by atoms with Crippen LogP contribution in [0.3, 0.4) is 0 Å². The van der Waals surface area contributed by atoms with Gasteiger partial charge in [0.15, 0.2) is 27.9 Å². The first-order valence-corrected chi connectivity index (χ1v) is 39.8. The van der Waals surface area contributed by atoms with E-state index in [-0.39, 0.29) is 62.0 Å². The lowest BCUT2D eigenvalue weighted by atomic mass is 10.00. The minimum absolute atomic E-state index is 0. The summed E-state index contributed by atoms with van der Waals surface area (Å²) < 4.78 is 121. The Morgan fingerprint density at radius 1 is 0.581 bits per heavy atom. The van der Waals surface area contributed by atoms with E-state index in [2.05, 4.69) is 97.1 Å². The van der Waals surface area contributed by atoms with Crippen LogP contribution in [-0.4, -0.2) is 242 Å². The summed E-state index contributed by atoms with van der Waals surface area (Å²) >= 11 is 0. The molecule has 124 heavy (non-hydrogen) atoms. The van der Waals surface area contributed by atoms with Crippen molar-refractivity contribution in [3.8, 4) is 0 Å². The van der Waals surface area contributed by atoms with Crippen molar-refractivity contribution < 1.29 is 78.2 Å². The zero-order valence-corrected chi connectivity index (χ0v) is 71.0. The molecule has 0 bridgehead atoms. The number of hydrogen-bond donors (Lipinski definition) is 6. The van der Waals surface area contributed by atoms with E-state index in [4.69, 9.17) is 27.0 Å². The summed E-state index contributed by atoms with van der Waals surface area (Å²) in [5.41, 5.74) is 27.7. The van der Waals surface area contributed by atoms with E-state index in [9.17, 15) is 68.4 Å². The maximum atomic E-state index is 13.0. The Morgan fingerprint density at radius 3 is 1.35 bits per heavy atom. The highest BCUT2D eigenvalue weighted by molar-refractivity contribution is 5.86. The van der Waals surface area contributed by atoms with Gasteiger partial charge in [-0.1, -0.05) is 38.2 Å². The number of likely N-dealkylation sites (N-methyl/N-ethyl adjacent to an activating group) is 1. The quantitative estimate of drug-likeness (QED) is 0.0264. The first kappa shape index (κ1) is 97.4. The molecule has 5 aliphatic heterocycles. The number of carboxylic acids is 1. The van der Waals surface area contributed by atoms with Crippen molar-refractivity contribution >= 4 is 117 Å². The lowest BCUT2D eigenvalue weighted by Gasteiger charge is -2.37. The van der Waals surface area contributed by atoms with E-state index in [1.165, 1.54) is 15.4 Å². The van der Waals surface area contributed by atoms with Crippen molar-refractivity contribution in [3.05, 3.63) is 137 Å². The van der Waals surface area contributed by atoms with Crippen LogP contribution < -0.4 is 27.8 Å². The highest BCUT2D eigenvalue weighted by atomic mass is 35.5. The molecule has 44 heteroatoms. The van der Waals surface area contributed by atoms with Crippen LogP contribution in [-0.2, 0) is 35.3 Å². The van der Waals surface area contributed by atoms with E-state index in [1.807, 2.05) is 106 Å². The van der Waals surface area contributed by atoms with Crippen LogP contribution in [0.1, 0.15) is 155 Å². The van der Waals surface area contributed by atoms with Crippen LogP contribution in [0, 0.1) is 10.8 Å². The molecule has 0 saturated carbocycles. The Balaban J connectivity index is 0.000000203. The Labute approximate surface area is 714 Å². The number of nitrogen functional groups attached to an aromatic ring is 3. The second-order valence-corrected chi connectivity index (χ2v) is 31.8. The van der Waals surface area contributed by atoms with Crippen molar-refractivity contribution in [1.82, 2.24) is 98.0 Å². The van der Waals surface area contributed by atoms with E-state index in [0.29, 0.717) is 73.8 Å². The summed E-state index contributed by atoms with van der Waals surface area (Å²) in [6, 6.07) is 15.6. The molecule has 0 radical (unpaired) electrons. The van der Waals surface area contributed by atoms with E-state index >= 15 is 0 Å². The van der Waals surface area contributed by atoms with Gasteiger partial charge in [0, 0.05) is 145 Å². The number of aromatic nitrogens is 14. The molecule has 0 atom stereocenters.